The van der Waals surface area contributed by atoms with Crippen LogP contribution < -0.4 is 5.32 Å². The summed E-state index contributed by atoms with van der Waals surface area (Å²) in [5.41, 5.74) is 0. The average molecular weight is 524 g/mol. The highest BCUT2D eigenvalue weighted by Gasteiger charge is 2.23. The summed E-state index contributed by atoms with van der Waals surface area (Å²) in [7, 11) is -4.37. The largest absolute Gasteiger partial charge is 0.472 e. The van der Waals surface area contributed by atoms with Crippen molar-refractivity contribution >= 4 is 19.7 Å². The standard InChI is InChI=1S/C25H50NO8P/c1-3-5-7-8-9-10-11-12-13-14-15-16-17-24(28)26-19-20-33-35(30,31)34-22-23(27)21-32-25(29)18-6-4-2/h23,27H,3-22H2,1-2H3,(H,26,28)(H,30,31). The third-order valence-corrected chi connectivity index (χ3v) is 6.52. The maximum absolute atomic E-state index is 11.9. The Balaban J connectivity index is 3.60. The highest BCUT2D eigenvalue weighted by atomic mass is 31.2. The zero-order chi connectivity index (χ0) is 26.2. The van der Waals surface area contributed by atoms with Gasteiger partial charge in [0.1, 0.15) is 12.7 Å². The SMILES string of the molecule is CCCCCCCCCCCCCCC(=O)NCCOP(=O)(O)OCC(O)COC(=O)CCCC. The second-order valence-electron chi connectivity index (χ2n) is 9.03. The van der Waals surface area contributed by atoms with Crippen molar-refractivity contribution in [2.24, 2.45) is 0 Å². The maximum atomic E-state index is 11.9. The van der Waals surface area contributed by atoms with Crippen molar-refractivity contribution in [1.82, 2.24) is 5.32 Å². The van der Waals surface area contributed by atoms with Gasteiger partial charge >= 0.3 is 13.8 Å². The van der Waals surface area contributed by atoms with Crippen molar-refractivity contribution < 1.29 is 37.9 Å². The van der Waals surface area contributed by atoms with Gasteiger partial charge in [-0.15, -0.1) is 0 Å². The number of hydrogen-bond donors (Lipinski definition) is 3. The number of nitrogens with one attached hydrogen (secondary N) is 1. The van der Waals surface area contributed by atoms with E-state index in [1.807, 2.05) is 6.92 Å². The first-order chi connectivity index (χ1) is 16.8. The topological polar surface area (TPSA) is 131 Å². The number of rotatable bonds is 25. The number of esters is 1. The van der Waals surface area contributed by atoms with E-state index < -0.39 is 26.5 Å². The number of carbonyl (C=O) groups excluding carboxylic acids is 2. The molecule has 0 saturated heterocycles. The lowest BCUT2D eigenvalue weighted by atomic mass is 10.0. The van der Waals surface area contributed by atoms with Crippen LogP contribution in [0.4, 0.5) is 0 Å². The zero-order valence-corrected chi connectivity index (χ0v) is 22.9. The van der Waals surface area contributed by atoms with E-state index in [1.54, 1.807) is 0 Å². The minimum Gasteiger partial charge on any atom is -0.463 e. The Kier molecular flexibility index (Phi) is 22.7. The van der Waals surface area contributed by atoms with E-state index in [9.17, 15) is 24.2 Å². The fourth-order valence-electron chi connectivity index (χ4n) is 3.41. The zero-order valence-electron chi connectivity index (χ0n) is 22.0. The molecule has 0 bridgehead atoms. The van der Waals surface area contributed by atoms with Crippen LogP contribution in [-0.2, 0) is 27.9 Å². The molecule has 208 valence electrons. The van der Waals surface area contributed by atoms with Gasteiger partial charge in [0, 0.05) is 19.4 Å². The number of aliphatic hydroxyl groups is 1. The molecule has 0 heterocycles. The minimum absolute atomic E-state index is 0.0859. The first kappa shape index (κ1) is 34.0. The summed E-state index contributed by atoms with van der Waals surface area (Å²) in [6.07, 6.45) is 15.8. The number of carbonyl (C=O) groups is 2. The van der Waals surface area contributed by atoms with Crippen LogP contribution in [0.2, 0.25) is 0 Å². The maximum Gasteiger partial charge on any atom is 0.472 e. The Labute approximate surface area is 212 Å². The molecule has 0 fully saturated rings. The molecule has 10 heteroatoms. The number of aliphatic hydroxyl groups excluding tert-OH is 1. The van der Waals surface area contributed by atoms with Gasteiger partial charge in [-0.2, -0.15) is 0 Å². The molecule has 3 N–H and O–H groups in total. The average Bonchev–Trinajstić information content (AvgIpc) is 2.83. The van der Waals surface area contributed by atoms with Gasteiger partial charge in [0.2, 0.25) is 5.91 Å². The molecule has 9 nitrogen and oxygen atoms in total. The van der Waals surface area contributed by atoms with E-state index in [0.717, 1.165) is 25.7 Å². The van der Waals surface area contributed by atoms with Gasteiger partial charge in [0.25, 0.3) is 0 Å². The second-order valence-corrected chi connectivity index (χ2v) is 10.5. The summed E-state index contributed by atoms with van der Waals surface area (Å²) in [6, 6.07) is 0. The van der Waals surface area contributed by atoms with Crippen molar-refractivity contribution in [3.8, 4) is 0 Å². The lowest BCUT2D eigenvalue weighted by Crippen LogP contribution is -2.27. The third kappa shape index (κ3) is 24.5. The minimum atomic E-state index is -4.37. The van der Waals surface area contributed by atoms with Crippen LogP contribution in [-0.4, -0.2) is 54.3 Å². The van der Waals surface area contributed by atoms with Crippen LogP contribution in [0, 0.1) is 0 Å². The molecule has 0 aromatic rings. The summed E-state index contributed by atoms with van der Waals surface area (Å²) in [4.78, 5) is 32.9. The molecule has 1 amide bonds. The Morgan fingerprint density at radius 2 is 1.31 bits per heavy atom. The van der Waals surface area contributed by atoms with Crippen LogP contribution in [0.15, 0.2) is 0 Å². The predicted octanol–water partition coefficient (Wildman–Crippen LogP) is 5.42. The van der Waals surface area contributed by atoms with Crippen LogP contribution in [0.1, 0.15) is 117 Å². The van der Waals surface area contributed by atoms with Crippen molar-refractivity contribution in [2.75, 3.05) is 26.4 Å². The molecule has 0 aromatic heterocycles. The van der Waals surface area contributed by atoms with Crippen LogP contribution in [0.25, 0.3) is 0 Å². The molecule has 0 saturated carbocycles. The van der Waals surface area contributed by atoms with Crippen molar-refractivity contribution in [3.63, 3.8) is 0 Å². The molecule has 0 aromatic carbocycles. The number of phosphoric ester groups is 1. The van der Waals surface area contributed by atoms with E-state index in [1.165, 1.54) is 57.8 Å². The Morgan fingerprint density at radius 1 is 0.771 bits per heavy atom. The monoisotopic (exact) mass is 523 g/mol. The molecule has 0 aliphatic heterocycles. The van der Waals surface area contributed by atoms with E-state index in [2.05, 4.69) is 12.2 Å². The van der Waals surface area contributed by atoms with E-state index in [4.69, 9.17) is 13.8 Å². The molecular weight excluding hydrogens is 473 g/mol. The molecule has 2 unspecified atom stereocenters. The third-order valence-electron chi connectivity index (χ3n) is 5.54. The Bertz CT molecular complexity index is 576. The summed E-state index contributed by atoms with van der Waals surface area (Å²) < 4.78 is 26.1. The van der Waals surface area contributed by atoms with Crippen LogP contribution in [0.3, 0.4) is 0 Å². The Morgan fingerprint density at radius 3 is 1.89 bits per heavy atom. The van der Waals surface area contributed by atoms with Crippen LogP contribution >= 0.6 is 7.82 Å². The van der Waals surface area contributed by atoms with Gasteiger partial charge in [-0.1, -0.05) is 90.9 Å². The molecular formula is C25H50NO8P. The second kappa shape index (κ2) is 23.4. The molecule has 0 radical (unpaired) electrons. The lowest BCUT2D eigenvalue weighted by molar-refractivity contribution is -0.147. The quantitative estimate of drug-likeness (QED) is 0.0821. The van der Waals surface area contributed by atoms with Gasteiger partial charge in [-0.3, -0.25) is 18.6 Å². The van der Waals surface area contributed by atoms with Crippen LogP contribution in [0.5, 0.6) is 0 Å². The predicted molar refractivity (Wildman–Crippen MR) is 137 cm³/mol. The molecule has 2 atom stereocenters. The Hall–Kier alpha value is -0.990. The number of ether oxygens (including phenoxy) is 1. The van der Waals surface area contributed by atoms with Gasteiger partial charge in [-0.25, -0.2) is 4.57 Å². The number of hydrogen-bond acceptors (Lipinski definition) is 7. The van der Waals surface area contributed by atoms with Gasteiger partial charge in [0.05, 0.1) is 13.2 Å². The molecule has 0 aliphatic carbocycles. The van der Waals surface area contributed by atoms with Gasteiger partial charge in [-0.05, 0) is 12.8 Å². The van der Waals surface area contributed by atoms with Crippen molar-refractivity contribution in [1.29, 1.82) is 0 Å². The van der Waals surface area contributed by atoms with E-state index in [0.29, 0.717) is 12.8 Å². The van der Waals surface area contributed by atoms with Crippen molar-refractivity contribution in [3.05, 3.63) is 0 Å². The number of phosphoric acid groups is 1. The molecule has 0 aliphatic rings. The van der Waals surface area contributed by atoms with Gasteiger partial charge < -0.3 is 20.1 Å². The fraction of sp³-hybridized carbons (Fsp3) is 0.920. The first-order valence-corrected chi connectivity index (χ1v) is 15.0. The molecule has 0 spiro atoms. The summed E-state index contributed by atoms with van der Waals surface area (Å²) in [5, 5.41) is 12.3. The smallest absolute Gasteiger partial charge is 0.463 e. The van der Waals surface area contributed by atoms with Gasteiger partial charge in [0.15, 0.2) is 0 Å². The highest BCUT2D eigenvalue weighted by molar-refractivity contribution is 7.47. The van der Waals surface area contributed by atoms with Crippen molar-refractivity contribution in [2.45, 2.75) is 123 Å². The number of unbranched alkanes of at least 4 members (excludes halogenated alkanes) is 12. The lowest BCUT2D eigenvalue weighted by Gasteiger charge is -2.15. The summed E-state index contributed by atoms with van der Waals surface area (Å²) >= 11 is 0. The van der Waals surface area contributed by atoms with E-state index in [-0.39, 0.29) is 32.1 Å². The van der Waals surface area contributed by atoms with E-state index >= 15 is 0 Å². The molecule has 35 heavy (non-hydrogen) atoms. The summed E-state index contributed by atoms with van der Waals surface area (Å²) in [5.74, 6) is -0.553. The first-order valence-electron chi connectivity index (χ1n) is 13.5. The fourth-order valence-corrected chi connectivity index (χ4v) is 4.17. The summed E-state index contributed by atoms with van der Waals surface area (Å²) in [6.45, 7) is 3.24. The highest BCUT2D eigenvalue weighted by Crippen LogP contribution is 2.42. The number of amides is 1. The normalized spacial score (nSPS) is 13.8. The molecule has 0 rings (SSSR count).